The van der Waals surface area contributed by atoms with Crippen LogP contribution in [0.4, 0.5) is 0 Å². The molecule has 28 heavy (non-hydrogen) atoms. The van der Waals surface area contributed by atoms with Gasteiger partial charge in [-0.05, 0) is 31.7 Å². The fraction of sp³-hybridized carbons (Fsp3) is 0.650. The molecule has 1 aliphatic rings. The first-order valence-electron chi connectivity index (χ1n) is 10.2. The molecule has 1 heterocycles. The number of nitrogens with zero attached hydrogens (tertiary/aromatic N) is 2. The maximum absolute atomic E-state index is 12.2. The number of guanidine groups is 1. The molecular formula is C20H34N4O3S. The highest BCUT2D eigenvalue weighted by atomic mass is 32.2. The molecule has 0 unspecified atom stereocenters. The maximum atomic E-state index is 12.2. The summed E-state index contributed by atoms with van der Waals surface area (Å²) < 4.78 is 31.7. The van der Waals surface area contributed by atoms with Gasteiger partial charge in [-0.15, -0.1) is 0 Å². The molecule has 1 aromatic rings. The Bertz CT molecular complexity index is 687. The van der Waals surface area contributed by atoms with Crippen molar-refractivity contribution in [1.29, 1.82) is 0 Å². The van der Waals surface area contributed by atoms with E-state index in [2.05, 4.69) is 15.6 Å². The highest BCUT2D eigenvalue weighted by molar-refractivity contribution is 7.89. The van der Waals surface area contributed by atoms with Gasteiger partial charge in [-0.3, -0.25) is 4.99 Å². The van der Waals surface area contributed by atoms with E-state index < -0.39 is 10.0 Å². The largest absolute Gasteiger partial charge is 0.375 e. The summed E-state index contributed by atoms with van der Waals surface area (Å²) in [7, 11) is -3.10. The van der Waals surface area contributed by atoms with Crippen molar-refractivity contribution < 1.29 is 13.2 Å². The minimum atomic E-state index is -3.10. The zero-order valence-electron chi connectivity index (χ0n) is 17.1. The number of benzene rings is 1. The van der Waals surface area contributed by atoms with Crippen molar-refractivity contribution in [2.75, 3.05) is 38.5 Å². The molecule has 1 aromatic carbocycles. The van der Waals surface area contributed by atoms with Crippen LogP contribution in [0, 0.1) is 0 Å². The molecule has 0 spiro atoms. The van der Waals surface area contributed by atoms with Gasteiger partial charge in [0.05, 0.1) is 25.5 Å². The van der Waals surface area contributed by atoms with E-state index in [9.17, 15) is 8.42 Å². The number of ether oxygens (including phenoxy) is 1. The van der Waals surface area contributed by atoms with Crippen LogP contribution in [0.25, 0.3) is 0 Å². The molecule has 0 aliphatic carbocycles. The average Bonchev–Trinajstić information content (AvgIpc) is 2.69. The molecule has 1 fully saturated rings. The van der Waals surface area contributed by atoms with Crippen LogP contribution in [0.2, 0.25) is 0 Å². The predicted molar refractivity (Wildman–Crippen MR) is 114 cm³/mol. The van der Waals surface area contributed by atoms with Gasteiger partial charge in [-0.25, -0.2) is 12.7 Å². The van der Waals surface area contributed by atoms with E-state index in [-0.39, 0.29) is 11.8 Å². The third-order valence-electron chi connectivity index (χ3n) is 4.61. The Morgan fingerprint density at radius 3 is 2.57 bits per heavy atom. The first-order valence-corrected chi connectivity index (χ1v) is 11.8. The van der Waals surface area contributed by atoms with Crippen LogP contribution in [0.5, 0.6) is 0 Å². The number of nitrogens with one attached hydrogen (secondary N) is 2. The topological polar surface area (TPSA) is 83.0 Å². The fourth-order valence-electron chi connectivity index (χ4n) is 3.16. The Balaban J connectivity index is 1.74. The number of sulfonamides is 1. The number of hydrogen-bond donors (Lipinski definition) is 2. The van der Waals surface area contributed by atoms with Crippen LogP contribution in [-0.2, 0) is 21.4 Å². The molecule has 8 heteroatoms. The molecule has 0 atom stereocenters. The molecule has 7 nitrogen and oxygen atoms in total. The van der Waals surface area contributed by atoms with Gasteiger partial charge in [0.2, 0.25) is 10.0 Å². The van der Waals surface area contributed by atoms with Crippen LogP contribution < -0.4 is 10.6 Å². The van der Waals surface area contributed by atoms with E-state index in [0.29, 0.717) is 39.3 Å². The number of rotatable bonds is 10. The molecule has 158 valence electrons. The molecule has 2 rings (SSSR count). The monoisotopic (exact) mass is 410 g/mol. The summed E-state index contributed by atoms with van der Waals surface area (Å²) in [5, 5.41) is 6.68. The second-order valence-electron chi connectivity index (χ2n) is 6.93. The molecule has 0 radical (unpaired) electrons. The second-order valence-corrected chi connectivity index (χ2v) is 9.02. The summed E-state index contributed by atoms with van der Waals surface area (Å²) in [5.74, 6) is 0.999. The quantitative estimate of drug-likeness (QED) is 0.350. The molecule has 0 bridgehead atoms. The maximum Gasteiger partial charge on any atom is 0.214 e. The molecule has 1 saturated heterocycles. The van der Waals surface area contributed by atoms with E-state index in [1.54, 1.807) is 4.31 Å². The summed E-state index contributed by atoms with van der Waals surface area (Å²) in [5.41, 5.74) is 1.15. The Hall–Kier alpha value is -1.64. The van der Waals surface area contributed by atoms with Gasteiger partial charge >= 0.3 is 0 Å². The Morgan fingerprint density at radius 2 is 1.93 bits per heavy atom. The molecule has 0 aromatic heterocycles. The zero-order chi connectivity index (χ0) is 20.2. The van der Waals surface area contributed by atoms with Crippen molar-refractivity contribution >= 4 is 16.0 Å². The molecule has 1 aliphatic heterocycles. The van der Waals surface area contributed by atoms with Gasteiger partial charge in [-0.1, -0.05) is 37.3 Å². The summed E-state index contributed by atoms with van der Waals surface area (Å²) in [4.78, 5) is 4.57. The van der Waals surface area contributed by atoms with Crippen molar-refractivity contribution in [2.24, 2.45) is 4.99 Å². The Morgan fingerprint density at radius 1 is 1.21 bits per heavy atom. The third-order valence-corrected chi connectivity index (χ3v) is 6.69. The number of piperidine rings is 1. The number of aliphatic imine (C=N–C) groups is 1. The van der Waals surface area contributed by atoms with Gasteiger partial charge in [0.25, 0.3) is 0 Å². The van der Waals surface area contributed by atoms with Gasteiger partial charge < -0.3 is 15.4 Å². The average molecular weight is 411 g/mol. The normalized spacial score (nSPS) is 16.9. The smallest absolute Gasteiger partial charge is 0.214 e. The highest BCUT2D eigenvalue weighted by Gasteiger charge is 2.27. The van der Waals surface area contributed by atoms with Crippen molar-refractivity contribution in [3.05, 3.63) is 35.9 Å². The van der Waals surface area contributed by atoms with Crippen molar-refractivity contribution in [3.63, 3.8) is 0 Å². The minimum absolute atomic E-state index is 0.233. The standard InChI is InChI=1S/C20H34N4O3S/c1-3-16-28(25,26)24-13-10-19(11-14-24)23-20(21-4-2)22-12-15-27-17-18-8-6-5-7-9-18/h5-9,19H,3-4,10-17H2,1-2H3,(H2,21,22,23). The van der Waals surface area contributed by atoms with E-state index >= 15 is 0 Å². The van der Waals surface area contributed by atoms with Crippen LogP contribution >= 0.6 is 0 Å². The van der Waals surface area contributed by atoms with Crippen molar-refractivity contribution in [1.82, 2.24) is 14.9 Å². The Labute approximate surface area is 169 Å². The third kappa shape index (κ3) is 7.77. The highest BCUT2D eigenvalue weighted by Crippen LogP contribution is 2.15. The lowest BCUT2D eigenvalue weighted by Crippen LogP contribution is -2.50. The number of hydrogen-bond acceptors (Lipinski definition) is 4. The van der Waals surface area contributed by atoms with Crippen LogP contribution in [0.3, 0.4) is 0 Å². The lowest BCUT2D eigenvalue weighted by atomic mass is 10.1. The van der Waals surface area contributed by atoms with E-state index in [1.807, 2.05) is 44.2 Å². The van der Waals surface area contributed by atoms with E-state index in [0.717, 1.165) is 30.9 Å². The first-order chi connectivity index (χ1) is 13.5. The summed E-state index contributed by atoms with van der Waals surface area (Å²) in [6, 6.07) is 10.3. The molecule has 2 N–H and O–H groups in total. The molecule has 0 saturated carbocycles. The lowest BCUT2D eigenvalue weighted by molar-refractivity contribution is 0.128. The minimum Gasteiger partial charge on any atom is -0.375 e. The fourth-order valence-corrected chi connectivity index (χ4v) is 4.71. The van der Waals surface area contributed by atoms with Crippen molar-refractivity contribution in [2.45, 2.75) is 45.8 Å². The lowest BCUT2D eigenvalue weighted by Gasteiger charge is -2.32. The van der Waals surface area contributed by atoms with E-state index in [4.69, 9.17) is 4.74 Å². The van der Waals surface area contributed by atoms with Gasteiger partial charge in [0, 0.05) is 25.7 Å². The van der Waals surface area contributed by atoms with E-state index in [1.165, 1.54) is 0 Å². The van der Waals surface area contributed by atoms with Crippen LogP contribution in [-0.4, -0.2) is 63.3 Å². The van der Waals surface area contributed by atoms with Gasteiger partial charge in [-0.2, -0.15) is 0 Å². The summed E-state index contributed by atoms with van der Waals surface area (Å²) in [6.07, 6.45) is 2.24. The summed E-state index contributed by atoms with van der Waals surface area (Å²) >= 11 is 0. The zero-order valence-corrected chi connectivity index (χ0v) is 17.9. The van der Waals surface area contributed by atoms with Crippen LogP contribution in [0.1, 0.15) is 38.7 Å². The molecule has 0 amide bonds. The molecular weight excluding hydrogens is 376 g/mol. The first kappa shape index (κ1) is 22.6. The Kier molecular flexibility index (Phi) is 9.73. The van der Waals surface area contributed by atoms with Crippen molar-refractivity contribution in [3.8, 4) is 0 Å². The second kappa shape index (κ2) is 12.0. The summed E-state index contributed by atoms with van der Waals surface area (Å²) in [6.45, 7) is 7.56. The van der Waals surface area contributed by atoms with Gasteiger partial charge in [0.15, 0.2) is 5.96 Å². The van der Waals surface area contributed by atoms with Crippen LogP contribution in [0.15, 0.2) is 35.3 Å². The van der Waals surface area contributed by atoms with Gasteiger partial charge in [0.1, 0.15) is 0 Å². The SMILES string of the molecule is CCCS(=O)(=O)N1CCC(NC(=NCCOCc2ccccc2)NCC)CC1. The predicted octanol–water partition coefficient (Wildman–Crippen LogP) is 1.96.